The van der Waals surface area contributed by atoms with Crippen molar-refractivity contribution in [3.63, 3.8) is 0 Å². The van der Waals surface area contributed by atoms with E-state index in [1.807, 2.05) is 0 Å². The number of hydrogen-bond acceptors (Lipinski definition) is 6. The Labute approximate surface area is 310 Å². The van der Waals surface area contributed by atoms with Crippen LogP contribution in [0.3, 0.4) is 0 Å². The zero-order chi connectivity index (χ0) is 36.6. The van der Waals surface area contributed by atoms with Crippen LogP contribution in [0.4, 0.5) is 0 Å². The quantitative estimate of drug-likeness (QED) is 0.0358. The van der Waals surface area contributed by atoms with Gasteiger partial charge >= 0.3 is 17.9 Å². The highest BCUT2D eigenvalue weighted by atomic mass is 16.6. The molecule has 0 saturated heterocycles. The highest BCUT2D eigenvalue weighted by Gasteiger charge is 2.19. The molecule has 0 fully saturated rings. The van der Waals surface area contributed by atoms with E-state index in [0.717, 1.165) is 57.8 Å². The van der Waals surface area contributed by atoms with Gasteiger partial charge in [-0.1, -0.05) is 207 Å². The van der Waals surface area contributed by atoms with Gasteiger partial charge in [-0.05, 0) is 19.3 Å². The maximum absolute atomic E-state index is 12.6. The van der Waals surface area contributed by atoms with Gasteiger partial charge in [0.2, 0.25) is 0 Å². The van der Waals surface area contributed by atoms with E-state index < -0.39 is 6.10 Å². The lowest BCUT2D eigenvalue weighted by Gasteiger charge is -2.18. The SMILES string of the molecule is CCCCCCCCCCCCCCCC(=O)OC[C@@H](COC(=O)CCCCCCCCCCCC)OC(=O)CCCCCCCCCCC. The average Bonchev–Trinajstić information content (AvgIpc) is 3.11. The number of rotatable bonds is 40. The maximum Gasteiger partial charge on any atom is 0.306 e. The first-order valence-electron chi connectivity index (χ1n) is 22.0. The summed E-state index contributed by atoms with van der Waals surface area (Å²) in [6, 6.07) is 0. The normalized spacial score (nSPS) is 11.8. The first-order valence-corrected chi connectivity index (χ1v) is 22.0. The topological polar surface area (TPSA) is 78.9 Å². The summed E-state index contributed by atoms with van der Waals surface area (Å²) in [6.07, 6.45) is 39.4. The van der Waals surface area contributed by atoms with Crippen LogP contribution in [-0.4, -0.2) is 37.2 Å². The summed E-state index contributed by atoms with van der Waals surface area (Å²) in [5, 5.41) is 0. The van der Waals surface area contributed by atoms with Gasteiger partial charge in [-0.15, -0.1) is 0 Å². The third-order valence-electron chi connectivity index (χ3n) is 9.86. The predicted molar refractivity (Wildman–Crippen MR) is 210 cm³/mol. The molecule has 0 unspecified atom stereocenters. The molecule has 0 aliphatic rings. The molecular formula is C44H84O6. The molecule has 0 aromatic heterocycles. The van der Waals surface area contributed by atoms with Gasteiger partial charge in [-0.3, -0.25) is 14.4 Å². The Hall–Kier alpha value is -1.59. The Kier molecular flexibility index (Phi) is 38.9. The molecule has 0 aromatic rings. The van der Waals surface area contributed by atoms with Gasteiger partial charge in [0.15, 0.2) is 6.10 Å². The van der Waals surface area contributed by atoms with Gasteiger partial charge in [0.25, 0.3) is 0 Å². The van der Waals surface area contributed by atoms with Crippen LogP contribution in [0.15, 0.2) is 0 Å². The second kappa shape index (κ2) is 40.2. The summed E-state index contributed by atoms with van der Waals surface area (Å²) in [7, 11) is 0. The Morgan fingerprint density at radius 2 is 0.540 bits per heavy atom. The third kappa shape index (κ3) is 37.7. The van der Waals surface area contributed by atoms with Gasteiger partial charge in [0.1, 0.15) is 13.2 Å². The highest BCUT2D eigenvalue weighted by molar-refractivity contribution is 5.71. The molecule has 0 rings (SSSR count). The molecular weight excluding hydrogens is 624 g/mol. The molecule has 0 radical (unpaired) electrons. The van der Waals surface area contributed by atoms with Crippen molar-refractivity contribution in [2.45, 2.75) is 252 Å². The minimum absolute atomic E-state index is 0.0632. The first kappa shape index (κ1) is 48.4. The molecule has 296 valence electrons. The summed E-state index contributed by atoms with van der Waals surface area (Å²) < 4.78 is 16.7. The summed E-state index contributed by atoms with van der Waals surface area (Å²) in [5.41, 5.74) is 0. The lowest BCUT2D eigenvalue weighted by Crippen LogP contribution is -2.30. The molecule has 0 bridgehead atoms. The van der Waals surface area contributed by atoms with Crippen LogP contribution < -0.4 is 0 Å². The number of carbonyl (C=O) groups excluding carboxylic acids is 3. The lowest BCUT2D eigenvalue weighted by atomic mass is 10.0. The van der Waals surface area contributed by atoms with Crippen molar-refractivity contribution in [1.82, 2.24) is 0 Å². The van der Waals surface area contributed by atoms with Crippen molar-refractivity contribution >= 4 is 17.9 Å². The predicted octanol–water partition coefficient (Wildman–Crippen LogP) is 13.7. The van der Waals surface area contributed by atoms with Gasteiger partial charge in [0, 0.05) is 19.3 Å². The molecule has 0 heterocycles. The summed E-state index contributed by atoms with van der Waals surface area (Å²) in [5.74, 6) is -0.858. The fourth-order valence-corrected chi connectivity index (χ4v) is 6.50. The molecule has 6 heteroatoms. The van der Waals surface area contributed by atoms with Crippen LogP contribution in [0.2, 0.25) is 0 Å². The second-order valence-corrected chi connectivity index (χ2v) is 15.0. The Morgan fingerprint density at radius 3 is 0.800 bits per heavy atom. The molecule has 0 aliphatic heterocycles. The number of ether oxygens (including phenoxy) is 3. The number of hydrogen-bond donors (Lipinski definition) is 0. The van der Waals surface area contributed by atoms with Crippen LogP contribution in [0.5, 0.6) is 0 Å². The standard InChI is InChI=1S/C44H84O6/c1-4-7-10-13-16-19-21-22-23-26-28-31-34-37-43(46)49-40-41(50-44(47)38-35-32-29-24-18-15-12-9-6-3)39-48-42(45)36-33-30-27-25-20-17-14-11-8-5-2/h41H,4-40H2,1-3H3/t41-/m1/s1. The van der Waals surface area contributed by atoms with Crippen LogP contribution in [-0.2, 0) is 28.6 Å². The average molecular weight is 709 g/mol. The fraction of sp³-hybridized carbons (Fsp3) is 0.932. The second-order valence-electron chi connectivity index (χ2n) is 15.0. The lowest BCUT2D eigenvalue weighted by molar-refractivity contribution is -0.167. The maximum atomic E-state index is 12.6. The van der Waals surface area contributed by atoms with Crippen molar-refractivity contribution < 1.29 is 28.6 Å². The van der Waals surface area contributed by atoms with E-state index in [1.54, 1.807) is 0 Å². The van der Waals surface area contributed by atoms with Crippen LogP contribution >= 0.6 is 0 Å². The number of carbonyl (C=O) groups is 3. The van der Waals surface area contributed by atoms with Crippen LogP contribution in [0.25, 0.3) is 0 Å². The minimum atomic E-state index is -0.756. The Morgan fingerprint density at radius 1 is 0.320 bits per heavy atom. The molecule has 1 atom stereocenters. The van der Waals surface area contributed by atoms with E-state index in [9.17, 15) is 14.4 Å². The molecule has 0 spiro atoms. The summed E-state index contributed by atoms with van der Waals surface area (Å²) >= 11 is 0. The Balaban J connectivity index is 4.29. The third-order valence-corrected chi connectivity index (χ3v) is 9.86. The molecule has 0 aliphatic carbocycles. The van der Waals surface area contributed by atoms with Crippen molar-refractivity contribution in [2.24, 2.45) is 0 Å². The van der Waals surface area contributed by atoms with Crippen molar-refractivity contribution in [3.8, 4) is 0 Å². The molecule has 0 N–H and O–H groups in total. The molecule has 50 heavy (non-hydrogen) atoms. The number of esters is 3. The minimum Gasteiger partial charge on any atom is -0.462 e. The van der Waals surface area contributed by atoms with E-state index in [-0.39, 0.29) is 31.1 Å². The number of unbranched alkanes of at least 4 members (excludes halogenated alkanes) is 29. The zero-order valence-electron chi connectivity index (χ0n) is 33.7. The van der Waals surface area contributed by atoms with Crippen molar-refractivity contribution in [3.05, 3.63) is 0 Å². The molecule has 0 saturated carbocycles. The molecule has 0 aromatic carbocycles. The highest BCUT2D eigenvalue weighted by Crippen LogP contribution is 2.15. The zero-order valence-corrected chi connectivity index (χ0v) is 33.7. The van der Waals surface area contributed by atoms with E-state index in [2.05, 4.69) is 20.8 Å². The van der Waals surface area contributed by atoms with E-state index in [4.69, 9.17) is 14.2 Å². The Bertz CT molecular complexity index is 738. The van der Waals surface area contributed by atoms with Gasteiger partial charge in [0.05, 0.1) is 0 Å². The van der Waals surface area contributed by atoms with Crippen LogP contribution in [0, 0.1) is 0 Å². The van der Waals surface area contributed by atoms with Gasteiger partial charge < -0.3 is 14.2 Å². The largest absolute Gasteiger partial charge is 0.462 e. The van der Waals surface area contributed by atoms with Gasteiger partial charge in [-0.2, -0.15) is 0 Å². The van der Waals surface area contributed by atoms with Crippen molar-refractivity contribution in [1.29, 1.82) is 0 Å². The first-order chi connectivity index (χ1) is 24.5. The summed E-state index contributed by atoms with van der Waals surface area (Å²) in [4.78, 5) is 37.5. The monoisotopic (exact) mass is 709 g/mol. The van der Waals surface area contributed by atoms with Gasteiger partial charge in [-0.25, -0.2) is 0 Å². The van der Waals surface area contributed by atoms with E-state index >= 15 is 0 Å². The van der Waals surface area contributed by atoms with Crippen molar-refractivity contribution in [2.75, 3.05) is 13.2 Å². The van der Waals surface area contributed by atoms with E-state index in [1.165, 1.54) is 148 Å². The summed E-state index contributed by atoms with van der Waals surface area (Å²) in [6.45, 7) is 6.61. The fourth-order valence-electron chi connectivity index (χ4n) is 6.50. The smallest absolute Gasteiger partial charge is 0.306 e. The van der Waals surface area contributed by atoms with E-state index in [0.29, 0.717) is 19.3 Å². The van der Waals surface area contributed by atoms with Crippen LogP contribution in [0.1, 0.15) is 245 Å². The molecule has 0 amide bonds. The molecule has 6 nitrogen and oxygen atoms in total.